The minimum Gasteiger partial charge on any atom is -0.493 e. The number of nitrogens with one attached hydrogen (secondary N) is 1. The fourth-order valence-corrected chi connectivity index (χ4v) is 2.28. The number of benzene rings is 1. The molecule has 0 spiro atoms. The maximum Gasteiger partial charge on any atom is 0.266 e. The Hall–Kier alpha value is -2.25. The van der Waals surface area contributed by atoms with E-state index in [1.165, 1.54) is 0 Å². The Labute approximate surface area is 134 Å². The molecule has 1 N–H and O–H groups in total. The van der Waals surface area contributed by atoms with Gasteiger partial charge in [-0.1, -0.05) is 25.4 Å². The minimum atomic E-state index is -0.410. The van der Waals surface area contributed by atoms with Crippen LogP contribution in [0.5, 0.6) is 5.75 Å². The van der Waals surface area contributed by atoms with Gasteiger partial charge in [-0.3, -0.25) is 4.79 Å². The average molecular weight is 317 g/mol. The Morgan fingerprint density at radius 1 is 1.32 bits per heavy atom. The van der Waals surface area contributed by atoms with Crippen LogP contribution in [0.2, 0.25) is 5.02 Å². The minimum absolute atomic E-state index is 0.0577. The van der Waals surface area contributed by atoms with Crippen molar-refractivity contribution in [2.24, 2.45) is 5.92 Å². The third-order valence-corrected chi connectivity index (χ3v) is 3.32. The molecule has 0 atom stereocenters. The molecule has 2 rings (SSSR count). The van der Waals surface area contributed by atoms with Gasteiger partial charge in [0.25, 0.3) is 5.56 Å². The summed E-state index contributed by atoms with van der Waals surface area (Å²) in [6.07, 6.45) is 0. The van der Waals surface area contributed by atoms with E-state index >= 15 is 0 Å². The van der Waals surface area contributed by atoms with Crippen molar-refractivity contribution < 1.29 is 4.74 Å². The molecular weight excluding hydrogens is 300 g/mol. The van der Waals surface area contributed by atoms with Crippen molar-refractivity contribution in [3.63, 3.8) is 0 Å². The van der Waals surface area contributed by atoms with Crippen LogP contribution >= 0.6 is 11.6 Å². The molecule has 0 bridgehead atoms. The lowest BCUT2D eigenvalue weighted by atomic mass is 10.00. The number of nitriles is 1. The second-order valence-electron chi connectivity index (χ2n) is 5.53. The molecule has 0 fully saturated rings. The molecule has 0 saturated carbocycles. The second-order valence-corrected chi connectivity index (χ2v) is 5.96. The maximum atomic E-state index is 12.0. The monoisotopic (exact) mass is 316 g/mol. The zero-order chi connectivity index (χ0) is 16.3. The van der Waals surface area contributed by atoms with E-state index in [1.54, 1.807) is 31.2 Å². The lowest BCUT2D eigenvalue weighted by Gasteiger charge is -2.14. The molecule has 0 radical (unpaired) electrons. The van der Waals surface area contributed by atoms with Crippen LogP contribution in [0.15, 0.2) is 29.1 Å². The van der Waals surface area contributed by atoms with E-state index < -0.39 is 5.56 Å². The first-order valence-corrected chi connectivity index (χ1v) is 7.37. The van der Waals surface area contributed by atoms with Crippen molar-refractivity contribution in [3.8, 4) is 22.9 Å². The number of H-pyrrole nitrogens is 1. The van der Waals surface area contributed by atoms with Gasteiger partial charge < -0.3 is 9.72 Å². The van der Waals surface area contributed by atoms with E-state index in [9.17, 15) is 10.1 Å². The number of aromatic amines is 1. The number of hydrogen-bond donors (Lipinski definition) is 1. The van der Waals surface area contributed by atoms with Crippen LogP contribution in [-0.2, 0) is 0 Å². The zero-order valence-corrected chi connectivity index (χ0v) is 13.5. The number of ether oxygens (including phenoxy) is 1. The molecule has 0 amide bonds. The predicted molar refractivity (Wildman–Crippen MR) is 87.3 cm³/mol. The molecule has 5 heteroatoms. The van der Waals surface area contributed by atoms with Crippen molar-refractivity contribution in [3.05, 3.63) is 50.9 Å². The van der Waals surface area contributed by atoms with E-state index in [-0.39, 0.29) is 5.56 Å². The summed E-state index contributed by atoms with van der Waals surface area (Å²) in [5, 5.41) is 9.81. The lowest BCUT2D eigenvalue weighted by molar-refractivity contribution is 0.272. The number of aryl methyl sites for hydroxylation is 1. The molecule has 1 aromatic carbocycles. The molecule has 1 aromatic heterocycles. The fraction of sp³-hybridized carbons (Fsp3) is 0.294. The van der Waals surface area contributed by atoms with E-state index in [1.807, 2.05) is 19.9 Å². The maximum absolute atomic E-state index is 12.0. The third kappa shape index (κ3) is 3.49. The largest absolute Gasteiger partial charge is 0.493 e. The van der Waals surface area contributed by atoms with Gasteiger partial charge in [0.05, 0.1) is 6.61 Å². The van der Waals surface area contributed by atoms with Gasteiger partial charge in [0.15, 0.2) is 0 Å². The average Bonchev–Trinajstić information content (AvgIpc) is 2.45. The number of halogens is 1. The van der Waals surface area contributed by atoms with Crippen molar-refractivity contribution in [1.29, 1.82) is 5.26 Å². The molecule has 22 heavy (non-hydrogen) atoms. The van der Waals surface area contributed by atoms with Crippen LogP contribution in [0, 0.1) is 24.2 Å². The summed E-state index contributed by atoms with van der Waals surface area (Å²) >= 11 is 6.08. The van der Waals surface area contributed by atoms with E-state index in [0.717, 1.165) is 0 Å². The van der Waals surface area contributed by atoms with Crippen LogP contribution in [0.25, 0.3) is 11.1 Å². The van der Waals surface area contributed by atoms with Crippen molar-refractivity contribution in [2.45, 2.75) is 20.8 Å². The van der Waals surface area contributed by atoms with Gasteiger partial charge in [0.2, 0.25) is 0 Å². The molecule has 0 aliphatic heterocycles. The van der Waals surface area contributed by atoms with Gasteiger partial charge in [-0.15, -0.1) is 0 Å². The smallest absolute Gasteiger partial charge is 0.266 e. The van der Waals surface area contributed by atoms with Gasteiger partial charge in [-0.2, -0.15) is 5.26 Å². The summed E-state index contributed by atoms with van der Waals surface area (Å²) in [6.45, 7) is 6.41. The Balaban J connectivity index is 2.64. The summed E-state index contributed by atoms with van der Waals surface area (Å²) in [7, 11) is 0. The zero-order valence-electron chi connectivity index (χ0n) is 12.7. The Morgan fingerprint density at radius 2 is 2.05 bits per heavy atom. The van der Waals surface area contributed by atoms with Crippen molar-refractivity contribution >= 4 is 11.6 Å². The summed E-state index contributed by atoms with van der Waals surface area (Å²) in [6, 6.07) is 8.92. The molecule has 1 heterocycles. The standard InChI is InChI=1S/C17H17ClN2O2/c1-10(2)9-22-16-5-4-12(18)7-14(16)13-6-11(3)20-17(21)15(13)8-19/h4-7,10H,9H2,1-3H3,(H,20,21). The Kier molecular flexibility index (Phi) is 4.89. The number of pyridine rings is 1. The SMILES string of the molecule is Cc1cc(-c2cc(Cl)ccc2OCC(C)C)c(C#N)c(=O)[nH]1. The van der Waals surface area contributed by atoms with Gasteiger partial charge in [-0.25, -0.2) is 0 Å². The fourth-order valence-electron chi connectivity index (χ4n) is 2.11. The first-order chi connectivity index (χ1) is 10.4. The summed E-state index contributed by atoms with van der Waals surface area (Å²) in [5.74, 6) is 0.972. The highest BCUT2D eigenvalue weighted by atomic mass is 35.5. The normalized spacial score (nSPS) is 10.5. The first-order valence-electron chi connectivity index (χ1n) is 6.99. The third-order valence-electron chi connectivity index (χ3n) is 3.08. The van der Waals surface area contributed by atoms with Crippen molar-refractivity contribution in [2.75, 3.05) is 6.61 Å². The molecule has 0 aliphatic rings. The molecule has 0 unspecified atom stereocenters. The van der Waals surface area contributed by atoms with Gasteiger partial charge in [0, 0.05) is 21.8 Å². The second kappa shape index (κ2) is 6.67. The molecule has 2 aromatic rings. The van der Waals surface area contributed by atoms with E-state index in [2.05, 4.69) is 4.98 Å². The molecule has 0 saturated heterocycles. The van der Waals surface area contributed by atoms with Gasteiger partial charge in [-0.05, 0) is 37.1 Å². The molecule has 0 aliphatic carbocycles. The quantitative estimate of drug-likeness (QED) is 0.930. The number of aromatic nitrogens is 1. The summed E-state index contributed by atoms with van der Waals surface area (Å²) < 4.78 is 5.81. The Morgan fingerprint density at radius 3 is 2.68 bits per heavy atom. The number of nitrogens with zero attached hydrogens (tertiary/aromatic N) is 1. The highest BCUT2D eigenvalue weighted by Crippen LogP contribution is 2.34. The van der Waals surface area contributed by atoms with E-state index in [0.29, 0.717) is 40.1 Å². The molecule has 114 valence electrons. The highest BCUT2D eigenvalue weighted by molar-refractivity contribution is 6.31. The predicted octanol–water partition coefficient (Wildman–Crippen LogP) is 3.91. The van der Waals surface area contributed by atoms with Crippen LogP contribution in [-0.4, -0.2) is 11.6 Å². The first kappa shape index (κ1) is 16.1. The van der Waals surface area contributed by atoms with E-state index in [4.69, 9.17) is 16.3 Å². The summed E-state index contributed by atoms with van der Waals surface area (Å²) in [5.41, 5.74) is 1.51. The number of rotatable bonds is 4. The summed E-state index contributed by atoms with van der Waals surface area (Å²) in [4.78, 5) is 14.6. The number of hydrogen-bond acceptors (Lipinski definition) is 3. The lowest BCUT2D eigenvalue weighted by Crippen LogP contribution is -2.13. The van der Waals surface area contributed by atoms with Crippen LogP contribution in [0.3, 0.4) is 0 Å². The highest BCUT2D eigenvalue weighted by Gasteiger charge is 2.15. The Bertz CT molecular complexity index is 788. The van der Waals surface area contributed by atoms with Gasteiger partial charge in [0.1, 0.15) is 17.4 Å². The van der Waals surface area contributed by atoms with Crippen LogP contribution < -0.4 is 10.3 Å². The molecular formula is C17H17ClN2O2. The molecule has 4 nitrogen and oxygen atoms in total. The topological polar surface area (TPSA) is 65.9 Å². The van der Waals surface area contributed by atoms with Crippen LogP contribution in [0.1, 0.15) is 25.1 Å². The van der Waals surface area contributed by atoms with Crippen LogP contribution in [0.4, 0.5) is 0 Å². The van der Waals surface area contributed by atoms with Gasteiger partial charge >= 0.3 is 0 Å². The van der Waals surface area contributed by atoms with Crippen molar-refractivity contribution in [1.82, 2.24) is 4.98 Å².